The summed E-state index contributed by atoms with van der Waals surface area (Å²) >= 11 is 0. The van der Waals surface area contributed by atoms with Gasteiger partial charge < -0.3 is 10.5 Å². The third kappa shape index (κ3) is 2.16. The zero-order valence-corrected chi connectivity index (χ0v) is 12.0. The van der Waals surface area contributed by atoms with Crippen LogP contribution in [-0.2, 0) is 4.74 Å². The molecule has 1 aliphatic rings. The molecule has 8 heteroatoms. The second-order valence-corrected chi connectivity index (χ2v) is 4.81. The number of nitrogens with two attached hydrogens (primary N) is 1. The Bertz CT molecular complexity index is 912. The summed E-state index contributed by atoms with van der Waals surface area (Å²) in [7, 11) is 1.26. The van der Waals surface area contributed by atoms with E-state index in [-0.39, 0.29) is 16.9 Å². The second-order valence-electron chi connectivity index (χ2n) is 4.81. The molecule has 2 heterocycles. The number of nitrogens with one attached hydrogen (secondary N) is 1. The highest BCUT2D eigenvalue weighted by Gasteiger charge is 2.31. The first kappa shape index (κ1) is 14.5. The summed E-state index contributed by atoms with van der Waals surface area (Å²) in [4.78, 5) is 47.0. The maximum atomic E-state index is 12.2. The van der Waals surface area contributed by atoms with Gasteiger partial charge in [-0.3, -0.25) is 24.3 Å². The first-order chi connectivity index (χ1) is 10.9. The number of rotatable bonds is 2. The van der Waals surface area contributed by atoms with E-state index in [1.165, 1.54) is 31.4 Å². The number of anilines is 1. The highest BCUT2D eigenvalue weighted by atomic mass is 16.5. The lowest BCUT2D eigenvalue weighted by Crippen LogP contribution is -2.24. The maximum absolute atomic E-state index is 12.2. The van der Waals surface area contributed by atoms with Gasteiger partial charge in [0.15, 0.2) is 0 Å². The van der Waals surface area contributed by atoms with Crippen molar-refractivity contribution in [1.29, 1.82) is 0 Å². The molecular formula is C15H11N3O5. The monoisotopic (exact) mass is 313 g/mol. The van der Waals surface area contributed by atoms with Gasteiger partial charge in [0.2, 0.25) is 0 Å². The lowest BCUT2D eigenvalue weighted by Gasteiger charge is -2.12. The summed E-state index contributed by atoms with van der Waals surface area (Å²) in [6.45, 7) is 0. The minimum Gasteiger partial charge on any atom is -0.465 e. The standard InChI is InChI=1S/C15H11N3O5/c1-23-15(22)7-2-4-8(5-3-7)18-10(19)6-9-11(12(18)16)14(21)17-13(9)20/h2-6H,16H2,1H3,(H,17,20,21). The Labute approximate surface area is 129 Å². The topological polar surface area (TPSA) is 120 Å². The van der Waals surface area contributed by atoms with E-state index >= 15 is 0 Å². The van der Waals surface area contributed by atoms with E-state index in [1.807, 2.05) is 0 Å². The van der Waals surface area contributed by atoms with Gasteiger partial charge in [-0.2, -0.15) is 0 Å². The average molecular weight is 313 g/mol. The number of nitrogens with zero attached hydrogens (tertiary/aromatic N) is 1. The number of fused-ring (bicyclic) bond motifs is 1. The second kappa shape index (κ2) is 5.09. The van der Waals surface area contributed by atoms with Crippen LogP contribution in [0.15, 0.2) is 35.1 Å². The molecule has 0 bridgehead atoms. The number of aromatic nitrogens is 1. The highest BCUT2D eigenvalue weighted by molar-refractivity contribution is 6.23. The number of amides is 2. The lowest BCUT2D eigenvalue weighted by molar-refractivity contribution is 0.0600. The molecule has 0 aliphatic carbocycles. The van der Waals surface area contributed by atoms with Crippen molar-refractivity contribution in [3.63, 3.8) is 0 Å². The molecule has 0 radical (unpaired) electrons. The minimum atomic E-state index is -0.651. The number of carbonyl (C=O) groups excluding carboxylic acids is 3. The number of ether oxygens (including phenoxy) is 1. The van der Waals surface area contributed by atoms with E-state index in [9.17, 15) is 19.2 Å². The molecule has 3 N–H and O–H groups in total. The van der Waals surface area contributed by atoms with Gasteiger partial charge in [0.05, 0.1) is 29.5 Å². The molecule has 116 valence electrons. The van der Waals surface area contributed by atoms with E-state index in [0.717, 1.165) is 10.6 Å². The van der Waals surface area contributed by atoms with Gasteiger partial charge in [-0.15, -0.1) is 0 Å². The van der Waals surface area contributed by atoms with Crippen LogP contribution in [0.4, 0.5) is 5.82 Å². The fourth-order valence-electron chi connectivity index (χ4n) is 2.41. The number of benzene rings is 1. The Morgan fingerprint density at radius 3 is 2.39 bits per heavy atom. The molecule has 2 amide bonds. The van der Waals surface area contributed by atoms with Gasteiger partial charge in [0, 0.05) is 6.07 Å². The van der Waals surface area contributed by atoms with Gasteiger partial charge in [0.25, 0.3) is 17.4 Å². The number of imide groups is 1. The van der Waals surface area contributed by atoms with Crippen LogP contribution in [0.2, 0.25) is 0 Å². The quantitative estimate of drug-likeness (QED) is 0.599. The summed E-state index contributed by atoms with van der Waals surface area (Å²) < 4.78 is 5.69. The normalized spacial score (nSPS) is 12.7. The predicted molar refractivity (Wildman–Crippen MR) is 79.6 cm³/mol. The van der Waals surface area contributed by atoms with Crippen LogP contribution in [0.5, 0.6) is 0 Å². The number of hydrogen-bond donors (Lipinski definition) is 2. The molecule has 1 aliphatic heterocycles. The van der Waals surface area contributed by atoms with Crippen LogP contribution in [0.3, 0.4) is 0 Å². The smallest absolute Gasteiger partial charge is 0.337 e. The third-order valence-electron chi connectivity index (χ3n) is 3.50. The van der Waals surface area contributed by atoms with Crippen molar-refractivity contribution in [2.24, 2.45) is 0 Å². The largest absolute Gasteiger partial charge is 0.465 e. The SMILES string of the molecule is COC(=O)c1ccc(-n2c(N)c3c(cc2=O)C(=O)NC3=O)cc1. The van der Waals surface area contributed by atoms with Gasteiger partial charge in [-0.05, 0) is 24.3 Å². The highest BCUT2D eigenvalue weighted by Crippen LogP contribution is 2.22. The molecule has 1 aromatic heterocycles. The Morgan fingerprint density at radius 1 is 1.13 bits per heavy atom. The molecule has 8 nitrogen and oxygen atoms in total. The molecular weight excluding hydrogens is 302 g/mol. The summed E-state index contributed by atoms with van der Waals surface area (Å²) in [6.07, 6.45) is 0. The molecule has 1 aromatic carbocycles. The van der Waals surface area contributed by atoms with Crippen molar-refractivity contribution < 1.29 is 19.1 Å². The van der Waals surface area contributed by atoms with Crippen LogP contribution < -0.4 is 16.6 Å². The Morgan fingerprint density at radius 2 is 1.78 bits per heavy atom. The predicted octanol–water partition coefficient (Wildman–Crippen LogP) is 0.0899. The van der Waals surface area contributed by atoms with E-state index in [4.69, 9.17) is 5.73 Å². The third-order valence-corrected chi connectivity index (χ3v) is 3.50. The zero-order chi connectivity index (χ0) is 16.7. The number of hydrogen-bond acceptors (Lipinski definition) is 6. The Hall–Kier alpha value is -3.42. The van der Waals surface area contributed by atoms with Crippen LogP contribution >= 0.6 is 0 Å². The molecule has 0 atom stereocenters. The lowest BCUT2D eigenvalue weighted by atomic mass is 10.1. The van der Waals surface area contributed by atoms with E-state index in [1.54, 1.807) is 0 Å². The first-order valence-corrected chi connectivity index (χ1v) is 6.54. The van der Waals surface area contributed by atoms with Crippen LogP contribution in [0.25, 0.3) is 5.69 Å². The Balaban J connectivity index is 2.17. The van der Waals surface area contributed by atoms with Crippen molar-refractivity contribution >= 4 is 23.6 Å². The molecule has 0 spiro atoms. The van der Waals surface area contributed by atoms with Crippen LogP contribution in [0.1, 0.15) is 31.1 Å². The summed E-state index contributed by atoms with van der Waals surface area (Å²) in [6, 6.07) is 6.97. The van der Waals surface area contributed by atoms with Crippen LogP contribution in [0, 0.1) is 0 Å². The van der Waals surface area contributed by atoms with Gasteiger partial charge >= 0.3 is 5.97 Å². The van der Waals surface area contributed by atoms with Crippen molar-refractivity contribution in [2.75, 3.05) is 12.8 Å². The van der Waals surface area contributed by atoms with Gasteiger partial charge in [0.1, 0.15) is 5.82 Å². The zero-order valence-electron chi connectivity index (χ0n) is 12.0. The Kier molecular flexibility index (Phi) is 3.21. The molecule has 3 rings (SSSR count). The number of nitrogen functional groups attached to an aromatic ring is 1. The van der Waals surface area contributed by atoms with Crippen molar-refractivity contribution in [2.45, 2.75) is 0 Å². The molecule has 23 heavy (non-hydrogen) atoms. The fourth-order valence-corrected chi connectivity index (χ4v) is 2.41. The number of pyridine rings is 1. The van der Waals surface area contributed by atoms with E-state index in [2.05, 4.69) is 10.1 Å². The summed E-state index contributed by atoms with van der Waals surface area (Å²) in [5.41, 5.74) is 5.93. The minimum absolute atomic E-state index is 0.0355. The van der Waals surface area contributed by atoms with Gasteiger partial charge in [-0.25, -0.2) is 4.79 Å². The summed E-state index contributed by atoms with van der Waals surface area (Å²) in [5.74, 6) is -1.96. The number of methoxy groups -OCH3 is 1. The van der Waals surface area contributed by atoms with Crippen molar-refractivity contribution in [3.8, 4) is 5.69 Å². The molecule has 2 aromatic rings. The van der Waals surface area contributed by atoms with E-state index in [0.29, 0.717) is 11.3 Å². The van der Waals surface area contributed by atoms with Crippen molar-refractivity contribution in [1.82, 2.24) is 9.88 Å². The maximum Gasteiger partial charge on any atom is 0.337 e. The van der Waals surface area contributed by atoms with Crippen molar-refractivity contribution in [3.05, 3.63) is 57.4 Å². The molecule has 0 saturated heterocycles. The first-order valence-electron chi connectivity index (χ1n) is 6.54. The summed E-state index contributed by atoms with van der Waals surface area (Å²) in [5, 5.41) is 2.09. The van der Waals surface area contributed by atoms with E-state index < -0.39 is 23.3 Å². The molecule has 0 unspecified atom stereocenters. The molecule has 0 saturated carbocycles. The van der Waals surface area contributed by atoms with Crippen LogP contribution in [-0.4, -0.2) is 29.5 Å². The molecule has 0 fully saturated rings. The number of esters is 1. The fraction of sp³-hybridized carbons (Fsp3) is 0.0667. The van der Waals surface area contributed by atoms with Gasteiger partial charge in [-0.1, -0.05) is 0 Å². The average Bonchev–Trinajstić information content (AvgIpc) is 2.81. The number of carbonyl (C=O) groups is 3.